The number of rotatable bonds is 4. The third kappa shape index (κ3) is 3.04. The minimum Gasteiger partial charge on any atom is -0.480 e. The second-order valence-corrected chi connectivity index (χ2v) is 5.97. The van der Waals surface area contributed by atoms with Crippen molar-refractivity contribution in [2.45, 2.75) is 31.2 Å². The molecular formula is C12H14ClN3O3S. The molecule has 0 saturated carbocycles. The molecule has 1 fully saturated rings. The Bertz CT molecular complexity index is 511. The van der Waals surface area contributed by atoms with Gasteiger partial charge in [0, 0.05) is 5.75 Å². The van der Waals surface area contributed by atoms with Gasteiger partial charge in [0.2, 0.25) is 0 Å². The SMILES string of the molecule is CCCC1SCC(C(=O)O)N1C(=O)c1cnc(Cl)cn1. The van der Waals surface area contributed by atoms with Gasteiger partial charge in [-0.1, -0.05) is 24.9 Å². The molecule has 1 N–H and O–H groups in total. The maximum absolute atomic E-state index is 12.5. The van der Waals surface area contributed by atoms with Gasteiger partial charge in [0.15, 0.2) is 0 Å². The molecule has 1 amide bonds. The van der Waals surface area contributed by atoms with Crippen LogP contribution in [0.4, 0.5) is 0 Å². The highest BCUT2D eigenvalue weighted by atomic mass is 35.5. The van der Waals surface area contributed by atoms with E-state index < -0.39 is 17.9 Å². The van der Waals surface area contributed by atoms with Crippen molar-refractivity contribution in [1.82, 2.24) is 14.9 Å². The predicted octanol–water partition coefficient (Wildman–Crippen LogP) is 1.90. The lowest BCUT2D eigenvalue weighted by atomic mass is 10.2. The van der Waals surface area contributed by atoms with E-state index in [-0.39, 0.29) is 16.2 Å². The van der Waals surface area contributed by atoms with E-state index >= 15 is 0 Å². The van der Waals surface area contributed by atoms with Gasteiger partial charge in [-0.15, -0.1) is 11.8 Å². The molecule has 108 valence electrons. The van der Waals surface area contributed by atoms with Crippen LogP contribution in [0.1, 0.15) is 30.3 Å². The van der Waals surface area contributed by atoms with E-state index in [2.05, 4.69) is 9.97 Å². The van der Waals surface area contributed by atoms with Crippen molar-refractivity contribution in [3.63, 3.8) is 0 Å². The highest BCUT2D eigenvalue weighted by Gasteiger charge is 2.41. The van der Waals surface area contributed by atoms with E-state index in [9.17, 15) is 14.7 Å². The Morgan fingerprint density at radius 1 is 1.50 bits per heavy atom. The number of aromatic nitrogens is 2. The number of amides is 1. The molecule has 2 unspecified atom stereocenters. The zero-order valence-electron chi connectivity index (χ0n) is 10.8. The number of carbonyl (C=O) groups excluding carboxylic acids is 1. The van der Waals surface area contributed by atoms with Crippen LogP contribution in [0.25, 0.3) is 0 Å². The van der Waals surface area contributed by atoms with Crippen molar-refractivity contribution in [2.75, 3.05) is 5.75 Å². The lowest BCUT2D eigenvalue weighted by Crippen LogP contribution is -2.45. The summed E-state index contributed by atoms with van der Waals surface area (Å²) in [5, 5.41) is 9.30. The molecule has 2 heterocycles. The average molecular weight is 316 g/mol. The molecule has 20 heavy (non-hydrogen) atoms. The first kappa shape index (κ1) is 15.1. The fourth-order valence-electron chi connectivity index (χ4n) is 2.05. The Balaban J connectivity index is 2.26. The number of aliphatic carboxylic acids is 1. The maximum atomic E-state index is 12.5. The van der Waals surface area contributed by atoms with E-state index in [4.69, 9.17) is 11.6 Å². The van der Waals surface area contributed by atoms with E-state index in [1.54, 1.807) is 0 Å². The summed E-state index contributed by atoms with van der Waals surface area (Å²) in [7, 11) is 0. The molecular weight excluding hydrogens is 302 g/mol. The largest absolute Gasteiger partial charge is 0.480 e. The highest BCUT2D eigenvalue weighted by Crippen LogP contribution is 2.33. The second kappa shape index (κ2) is 6.41. The van der Waals surface area contributed by atoms with Crippen LogP contribution >= 0.6 is 23.4 Å². The Kier molecular flexibility index (Phi) is 4.82. The molecule has 1 aliphatic rings. The van der Waals surface area contributed by atoms with E-state index in [1.165, 1.54) is 29.1 Å². The molecule has 0 bridgehead atoms. The second-order valence-electron chi connectivity index (χ2n) is 4.37. The Morgan fingerprint density at radius 2 is 2.25 bits per heavy atom. The number of carboxylic acid groups (broad SMARTS) is 1. The van der Waals surface area contributed by atoms with Gasteiger partial charge in [-0.05, 0) is 6.42 Å². The minimum atomic E-state index is -0.994. The molecule has 1 aliphatic heterocycles. The molecule has 2 atom stereocenters. The van der Waals surface area contributed by atoms with Gasteiger partial charge in [0.05, 0.1) is 17.8 Å². The first-order valence-corrected chi connectivity index (χ1v) is 7.62. The number of hydrogen-bond donors (Lipinski definition) is 1. The molecule has 8 heteroatoms. The van der Waals surface area contributed by atoms with Crippen molar-refractivity contribution in [2.24, 2.45) is 0 Å². The van der Waals surface area contributed by atoms with Crippen molar-refractivity contribution in [3.05, 3.63) is 23.2 Å². The summed E-state index contributed by atoms with van der Waals surface area (Å²) in [5.41, 5.74) is 0.115. The quantitative estimate of drug-likeness (QED) is 0.913. The fraction of sp³-hybridized carbons (Fsp3) is 0.500. The summed E-state index contributed by atoms with van der Waals surface area (Å²) in [4.78, 5) is 32.9. The molecule has 1 aromatic heterocycles. The summed E-state index contributed by atoms with van der Waals surface area (Å²) in [5.74, 6) is -1.01. The highest BCUT2D eigenvalue weighted by molar-refractivity contribution is 8.00. The third-order valence-electron chi connectivity index (χ3n) is 2.99. The van der Waals surface area contributed by atoms with Crippen LogP contribution in [0.2, 0.25) is 5.15 Å². The van der Waals surface area contributed by atoms with Gasteiger partial charge >= 0.3 is 5.97 Å². The Hall–Kier alpha value is -1.34. The van der Waals surface area contributed by atoms with Crippen molar-refractivity contribution in [1.29, 1.82) is 0 Å². The van der Waals surface area contributed by atoms with Crippen LogP contribution in [0, 0.1) is 0 Å². The van der Waals surface area contributed by atoms with Crippen LogP contribution in [0.3, 0.4) is 0 Å². The van der Waals surface area contributed by atoms with Crippen LogP contribution in [-0.4, -0.2) is 49.0 Å². The van der Waals surface area contributed by atoms with Crippen LogP contribution in [0.5, 0.6) is 0 Å². The predicted molar refractivity (Wildman–Crippen MR) is 75.8 cm³/mol. The van der Waals surface area contributed by atoms with Gasteiger partial charge in [0.25, 0.3) is 5.91 Å². The number of nitrogens with zero attached hydrogens (tertiary/aromatic N) is 3. The number of thioether (sulfide) groups is 1. The standard InChI is InChI=1S/C12H14ClN3O3S/c1-2-3-10-16(8(6-20-10)12(18)19)11(17)7-4-15-9(13)5-14-7/h4-5,8,10H,2-3,6H2,1H3,(H,18,19). The first-order chi connectivity index (χ1) is 9.54. The fourth-order valence-corrected chi connectivity index (χ4v) is 3.66. The smallest absolute Gasteiger partial charge is 0.327 e. The number of hydrogen-bond acceptors (Lipinski definition) is 5. The van der Waals surface area contributed by atoms with E-state index in [0.29, 0.717) is 5.75 Å². The van der Waals surface area contributed by atoms with Gasteiger partial charge in [-0.3, -0.25) is 4.79 Å². The van der Waals surface area contributed by atoms with Crippen LogP contribution in [-0.2, 0) is 4.79 Å². The Morgan fingerprint density at radius 3 is 2.80 bits per heavy atom. The van der Waals surface area contributed by atoms with E-state index in [1.807, 2.05) is 6.92 Å². The zero-order chi connectivity index (χ0) is 14.7. The number of halogens is 1. The van der Waals surface area contributed by atoms with Crippen molar-refractivity contribution < 1.29 is 14.7 Å². The van der Waals surface area contributed by atoms with Gasteiger partial charge in [-0.2, -0.15) is 0 Å². The zero-order valence-corrected chi connectivity index (χ0v) is 12.4. The number of carbonyl (C=O) groups is 2. The molecule has 1 aromatic rings. The summed E-state index contributed by atoms with van der Waals surface area (Å²) < 4.78 is 0. The molecule has 0 spiro atoms. The average Bonchev–Trinajstić information content (AvgIpc) is 2.83. The first-order valence-electron chi connectivity index (χ1n) is 6.19. The van der Waals surface area contributed by atoms with Crippen molar-refractivity contribution >= 4 is 35.2 Å². The van der Waals surface area contributed by atoms with Gasteiger partial charge < -0.3 is 10.0 Å². The Labute approximate surface area is 125 Å². The molecule has 1 saturated heterocycles. The molecule has 2 rings (SSSR count). The van der Waals surface area contributed by atoms with Crippen LogP contribution in [0.15, 0.2) is 12.4 Å². The topological polar surface area (TPSA) is 83.4 Å². The minimum absolute atomic E-state index is 0.115. The lowest BCUT2D eigenvalue weighted by molar-refractivity contribution is -0.141. The van der Waals surface area contributed by atoms with Gasteiger partial charge in [0.1, 0.15) is 16.9 Å². The van der Waals surface area contributed by atoms with Crippen molar-refractivity contribution in [3.8, 4) is 0 Å². The summed E-state index contributed by atoms with van der Waals surface area (Å²) >= 11 is 7.12. The summed E-state index contributed by atoms with van der Waals surface area (Å²) in [6.07, 6.45) is 4.18. The molecule has 0 aliphatic carbocycles. The number of carboxylic acids is 1. The van der Waals surface area contributed by atoms with Crippen LogP contribution < -0.4 is 0 Å². The summed E-state index contributed by atoms with van der Waals surface area (Å²) in [6.45, 7) is 2.00. The monoisotopic (exact) mass is 315 g/mol. The van der Waals surface area contributed by atoms with E-state index in [0.717, 1.165) is 12.8 Å². The molecule has 0 radical (unpaired) electrons. The summed E-state index contributed by atoms with van der Waals surface area (Å²) in [6, 6.07) is -0.818. The van der Waals surface area contributed by atoms with Gasteiger partial charge in [-0.25, -0.2) is 14.8 Å². The normalized spacial score (nSPS) is 22.0. The lowest BCUT2D eigenvalue weighted by Gasteiger charge is -2.26. The third-order valence-corrected chi connectivity index (χ3v) is 4.54. The molecule has 6 nitrogen and oxygen atoms in total. The maximum Gasteiger partial charge on any atom is 0.327 e. The molecule has 0 aromatic carbocycles.